The van der Waals surface area contributed by atoms with Crippen LogP contribution in [-0.2, 0) is 10.0 Å². The number of rotatable bonds is 5. The summed E-state index contributed by atoms with van der Waals surface area (Å²) in [5.41, 5.74) is 0.402. The summed E-state index contributed by atoms with van der Waals surface area (Å²) in [5, 5.41) is 0. The zero-order chi connectivity index (χ0) is 13.2. The van der Waals surface area contributed by atoms with E-state index in [0.717, 1.165) is 31.0 Å². The third kappa shape index (κ3) is 3.19. The maximum atomic E-state index is 12.0. The largest absolute Gasteiger partial charge is 0.315 e. The molecule has 0 bridgehead atoms. The van der Waals surface area contributed by atoms with E-state index >= 15 is 0 Å². The van der Waals surface area contributed by atoms with Gasteiger partial charge >= 0.3 is 4.87 Å². The summed E-state index contributed by atoms with van der Waals surface area (Å²) < 4.78 is 26.6. The summed E-state index contributed by atoms with van der Waals surface area (Å²) in [7, 11) is -3.55. The van der Waals surface area contributed by atoms with Crippen LogP contribution in [0, 0.1) is 6.92 Å². The highest BCUT2D eigenvalue weighted by molar-refractivity contribution is 7.91. The average Bonchev–Trinajstić information content (AvgIpc) is 2.88. The molecule has 0 aliphatic carbocycles. The molecule has 6 nitrogen and oxygen atoms in total. The molecule has 1 aromatic rings. The number of H-pyrrole nitrogens is 1. The van der Waals surface area contributed by atoms with Crippen LogP contribution in [0.4, 0.5) is 0 Å². The Morgan fingerprint density at radius 1 is 1.39 bits per heavy atom. The van der Waals surface area contributed by atoms with Gasteiger partial charge in [-0.25, -0.2) is 13.1 Å². The quantitative estimate of drug-likeness (QED) is 0.807. The van der Waals surface area contributed by atoms with Crippen molar-refractivity contribution in [3.05, 3.63) is 15.4 Å². The summed E-state index contributed by atoms with van der Waals surface area (Å²) in [6, 6.07) is 0. The Bertz CT molecular complexity index is 555. The van der Waals surface area contributed by atoms with Gasteiger partial charge in [0.2, 0.25) is 0 Å². The van der Waals surface area contributed by atoms with E-state index in [-0.39, 0.29) is 9.08 Å². The van der Waals surface area contributed by atoms with Gasteiger partial charge < -0.3 is 9.88 Å². The predicted molar refractivity (Wildman–Crippen MR) is 70.5 cm³/mol. The van der Waals surface area contributed by atoms with Gasteiger partial charge in [0.25, 0.3) is 10.0 Å². The van der Waals surface area contributed by atoms with E-state index < -0.39 is 10.0 Å². The SMILES string of the molecule is Cc1[nH]c(=O)sc1S(=O)(=O)NCCN1CCCC1. The lowest BCUT2D eigenvalue weighted by atomic mass is 10.4. The fourth-order valence-corrected chi connectivity index (χ4v) is 4.42. The van der Waals surface area contributed by atoms with Crippen molar-refractivity contribution in [3.63, 3.8) is 0 Å². The molecule has 0 atom stereocenters. The van der Waals surface area contributed by atoms with E-state index in [0.29, 0.717) is 12.2 Å². The smallest absolute Gasteiger partial charge is 0.305 e. The van der Waals surface area contributed by atoms with Crippen LogP contribution in [0.25, 0.3) is 0 Å². The molecule has 2 heterocycles. The number of hydrogen-bond donors (Lipinski definition) is 2. The molecule has 0 radical (unpaired) electrons. The van der Waals surface area contributed by atoms with Crippen molar-refractivity contribution >= 4 is 21.4 Å². The number of nitrogens with zero attached hydrogens (tertiary/aromatic N) is 1. The molecule has 1 aliphatic heterocycles. The van der Waals surface area contributed by atoms with Crippen LogP contribution in [-0.4, -0.2) is 44.5 Å². The number of aromatic nitrogens is 1. The first-order valence-corrected chi connectivity index (χ1v) is 8.21. The van der Waals surface area contributed by atoms with E-state index in [1.54, 1.807) is 6.92 Å². The topological polar surface area (TPSA) is 82.3 Å². The first-order valence-electron chi connectivity index (χ1n) is 5.91. The Balaban J connectivity index is 1.95. The normalized spacial score (nSPS) is 17.4. The molecule has 0 saturated carbocycles. The van der Waals surface area contributed by atoms with Crippen LogP contribution in [0.15, 0.2) is 9.00 Å². The van der Waals surface area contributed by atoms with Crippen LogP contribution in [0.3, 0.4) is 0 Å². The van der Waals surface area contributed by atoms with Gasteiger partial charge in [-0.15, -0.1) is 0 Å². The van der Waals surface area contributed by atoms with Crippen molar-refractivity contribution in [2.75, 3.05) is 26.2 Å². The highest BCUT2D eigenvalue weighted by Gasteiger charge is 2.20. The zero-order valence-electron chi connectivity index (χ0n) is 10.2. The van der Waals surface area contributed by atoms with Crippen molar-refractivity contribution in [1.29, 1.82) is 0 Å². The number of aromatic amines is 1. The van der Waals surface area contributed by atoms with E-state index in [4.69, 9.17) is 0 Å². The lowest BCUT2D eigenvalue weighted by molar-refractivity contribution is 0.344. The minimum absolute atomic E-state index is 0.0916. The van der Waals surface area contributed by atoms with E-state index in [2.05, 4.69) is 14.6 Å². The second-order valence-corrected chi connectivity index (χ2v) is 7.32. The van der Waals surface area contributed by atoms with E-state index in [9.17, 15) is 13.2 Å². The number of sulfonamides is 1. The van der Waals surface area contributed by atoms with Gasteiger partial charge in [0, 0.05) is 18.8 Å². The fraction of sp³-hybridized carbons (Fsp3) is 0.700. The molecule has 2 rings (SSSR count). The summed E-state index contributed by atoms with van der Waals surface area (Å²) in [6.45, 7) is 4.77. The van der Waals surface area contributed by atoms with Gasteiger partial charge in [-0.1, -0.05) is 11.3 Å². The second-order valence-electron chi connectivity index (χ2n) is 4.37. The summed E-state index contributed by atoms with van der Waals surface area (Å²) in [4.78, 5) is 15.5. The molecule has 0 spiro atoms. The number of likely N-dealkylation sites (tertiary alicyclic amines) is 1. The van der Waals surface area contributed by atoms with Crippen molar-refractivity contribution in [1.82, 2.24) is 14.6 Å². The van der Waals surface area contributed by atoms with Crippen LogP contribution < -0.4 is 9.60 Å². The molecule has 0 amide bonds. The minimum Gasteiger partial charge on any atom is -0.315 e. The Hall–Kier alpha value is -0.700. The predicted octanol–water partition coefficient (Wildman–Crippen LogP) is 0.119. The van der Waals surface area contributed by atoms with Crippen molar-refractivity contribution < 1.29 is 8.42 Å². The molecule has 1 aliphatic rings. The third-order valence-corrected chi connectivity index (χ3v) is 6.01. The van der Waals surface area contributed by atoms with Crippen molar-refractivity contribution in [2.45, 2.75) is 24.0 Å². The Kier molecular flexibility index (Phi) is 4.21. The van der Waals surface area contributed by atoms with Crippen molar-refractivity contribution in [3.8, 4) is 0 Å². The minimum atomic E-state index is -3.55. The van der Waals surface area contributed by atoms with E-state index in [1.807, 2.05) is 0 Å². The maximum absolute atomic E-state index is 12.0. The lowest BCUT2D eigenvalue weighted by Crippen LogP contribution is -2.33. The molecule has 8 heteroatoms. The highest BCUT2D eigenvalue weighted by Crippen LogP contribution is 2.15. The molecule has 1 aromatic heterocycles. The molecule has 2 N–H and O–H groups in total. The summed E-state index contributed by atoms with van der Waals surface area (Å²) >= 11 is 0.729. The number of nitrogens with one attached hydrogen (secondary N) is 2. The summed E-state index contributed by atoms with van der Waals surface area (Å²) in [6.07, 6.45) is 2.37. The first-order chi connectivity index (χ1) is 8.49. The van der Waals surface area contributed by atoms with Gasteiger partial charge in [-0.05, 0) is 32.9 Å². The standard InChI is InChI=1S/C10H17N3O3S2/c1-8-9(17-10(14)12-8)18(15,16)11-4-7-13-5-2-3-6-13/h11H,2-7H2,1H3,(H,12,14). The molecule has 1 fully saturated rings. The number of aryl methyl sites for hydroxylation is 1. The first kappa shape index (κ1) is 13.7. The fourth-order valence-electron chi connectivity index (χ4n) is 2.06. The zero-order valence-corrected chi connectivity index (χ0v) is 11.9. The van der Waals surface area contributed by atoms with Crippen LogP contribution >= 0.6 is 11.3 Å². The van der Waals surface area contributed by atoms with Gasteiger partial charge in [0.05, 0.1) is 0 Å². The number of thiazole rings is 1. The van der Waals surface area contributed by atoms with Gasteiger partial charge in [0.15, 0.2) is 4.21 Å². The van der Waals surface area contributed by atoms with Crippen molar-refractivity contribution in [2.24, 2.45) is 0 Å². The van der Waals surface area contributed by atoms with Crippen LogP contribution in [0.1, 0.15) is 18.5 Å². The molecule has 0 unspecified atom stereocenters. The molecular formula is C10H17N3O3S2. The lowest BCUT2D eigenvalue weighted by Gasteiger charge is -2.14. The maximum Gasteiger partial charge on any atom is 0.305 e. The monoisotopic (exact) mass is 291 g/mol. The van der Waals surface area contributed by atoms with E-state index in [1.165, 1.54) is 12.8 Å². The Morgan fingerprint density at radius 2 is 2.06 bits per heavy atom. The molecule has 102 valence electrons. The second kappa shape index (κ2) is 5.52. The Morgan fingerprint density at radius 3 is 2.61 bits per heavy atom. The van der Waals surface area contributed by atoms with Gasteiger partial charge in [-0.3, -0.25) is 4.79 Å². The highest BCUT2D eigenvalue weighted by atomic mass is 32.2. The molecule has 18 heavy (non-hydrogen) atoms. The number of hydrogen-bond acceptors (Lipinski definition) is 5. The van der Waals surface area contributed by atoms with Crippen LogP contribution in [0.5, 0.6) is 0 Å². The van der Waals surface area contributed by atoms with Crippen LogP contribution in [0.2, 0.25) is 0 Å². The summed E-state index contributed by atoms with van der Waals surface area (Å²) in [5.74, 6) is 0. The third-order valence-electron chi connectivity index (χ3n) is 2.94. The van der Waals surface area contributed by atoms with Gasteiger partial charge in [-0.2, -0.15) is 0 Å². The van der Waals surface area contributed by atoms with Gasteiger partial charge in [0.1, 0.15) is 0 Å². The molecule has 1 saturated heterocycles. The molecule has 0 aromatic carbocycles. The average molecular weight is 291 g/mol. The Labute approximate surface area is 110 Å². The molecular weight excluding hydrogens is 274 g/mol.